The summed E-state index contributed by atoms with van der Waals surface area (Å²) in [5, 5.41) is 4.54. The first kappa shape index (κ1) is 17.2. The van der Waals surface area contributed by atoms with Crippen LogP contribution in [0.1, 0.15) is 59.5 Å². The zero-order valence-corrected chi connectivity index (χ0v) is 16.5. The van der Waals surface area contributed by atoms with Crippen molar-refractivity contribution in [3.05, 3.63) is 53.3 Å². The van der Waals surface area contributed by atoms with Crippen LogP contribution < -0.4 is 0 Å². The van der Waals surface area contributed by atoms with Gasteiger partial charge in [-0.25, -0.2) is 0 Å². The average molecular weight is 392 g/mol. The number of rotatable bonds is 3. The maximum atomic E-state index is 13.4. The molecule has 0 N–H and O–H groups in total. The van der Waals surface area contributed by atoms with Crippen LogP contribution in [0, 0.1) is 0 Å². The summed E-state index contributed by atoms with van der Waals surface area (Å²) in [6, 6.07) is 11.7. The van der Waals surface area contributed by atoms with E-state index in [1.165, 1.54) is 0 Å². The second-order valence-electron chi connectivity index (χ2n) is 8.69. The third-order valence-electron chi connectivity index (χ3n) is 6.97. The van der Waals surface area contributed by atoms with Gasteiger partial charge in [0.2, 0.25) is 5.91 Å². The van der Waals surface area contributed by atoms with Crippen LogP contribution in [-0.4, -0.2) is 56.3 Å². The molecule has 7 heteroatoms. The molecule has 1 aromatic heterocycles. The lowest BCUT2D eigenvalue weighted by molar-refractivity contribution is -0.138. The van der Waals surface area contributed by atoms with E-state index in [0.29, 0.717) is 37.5 Å². The minimum atomic E-state index is -0.689. The van der Waals surface area contributed by atoms with E-state index in [1.54, 1.807) is 4.68 Å². The number of aryl methyl sites for hydroxylation is 1. The summed E-state index contributed by atoms with van der Waals surface area (Å²) in [6.07, 6.45) is 3.15. The largest absolute Gasteiger partial charge is 0.343 e. The van der Waals surface area contributed by atoms with Crippen LogP contribution in [0.15, 0.2) is 36.4 Å². The molecule has 0 radical (unpaired) electrons. The lowest BCUT2D eigenvalue weighted by Gasteiger charge is -2.31. The van der Waals surface area contributed by atoms with Gasteiger partial charge < -0.3 is 14.5 Å². The van der Waals surface area contributed by atoms with Crippen LogP contribution in [0.2, 0.25) is 0 Å². The van der Waals surface area contributed by atoms with Crippen molar-refractivity contribution in [2.75, 3.05) is 13.1 Å². The standard InChI is InChI=1S/C22H24N4O3/c1-24-17(11-16(23-24)14-7-8-14)21(28)25-10-9-22-19(25)12-20(27)26(22)13-18(29-22)15-5-3-2-4-6-15/h2-6,11,14,18-19H,7-10,12-13H2,1H3/t18-,19-,22+/m1/s1. The number of carbonyl (C=O) groups is 2. The summed E-state index contributed by atoms with van der Waals surface area (Å²) in [7, 11) is 1.83. The van der Waals surface area contributed by atoms with Crippen molar-refractivity contribution in [3.63, 3.8) is 0 Å². The molecule has 7 nitrogen and oxygen atoms in total. The molecule has 1 spiro atoms. The first-order chi connectivity index (χ1) is 14.1. The SMILES string of the molecule is Cn1nc(C2CC2)cc1C(=O)N1CC[C@@]23O[C@@H](c4ccccc4)CN2C(=O)C[C@@H]13. The van der Waals surface area contributed by atoms with Crippen LogP contribution in [0.4, 0.5) is 0 Å². The van der Waals surface area contributed by atoms with E-state index in [4.69, 9.17) is 4.74 Å². The first-order valence-corrected chi connectivity index (χ1v) is 10.4. The van der Waals surface area contributed by atoms with Crippen molar-refractivity contribution in [3.8, 4) is 0 Å². The van der Waals surface area contributed by atoms with E-state index < -0.39 is 5.72 Å². The van der Waals surface area contributed by atoms with Crippen molar-refractivity contribution in [2.24, 2.45) is 7.05 Å². The van der Waals surface area contributed by atoms with Gasteiger partial charge in [0.15, 0.2) is 5.72 Å². The third kappa shape index (κ3) is 2.43. The number of ether oxygens (including phenoxy) is 1. The van der Waals surface area contributed by atoms with Gasteiger partial charge in [0.25, 0.3) is 5.91 Å². The van der Waals surface area contributed by atoms with Crippen LogP contribution in [0.5, 0.6) is 0 Å². The quantitative estimate of drug-likeness (QED) is 0.803. The second kappa shape index (κ2) is 5.92. The molecule has 3 saturated heterocycles. The highest BCUT2D eigenvalue weighted by molar-refractivity contribution is 5.94. The van der Waals surface area contributed by atoms with Gasteiger partial charge in [-0.3, -0.25) is 14.3 Å². The predicted octanol–water partition coefficient (Wildman–Crippen LogP) is 2.21. The number of benzene rings is 1. The maximum absolute atomic E-state index is 13.4. The summed E-state index contributed by atoms with van der Waals surface area (Å²) in [4.78, 5) is 29.9. The summed E-state index contributed by atoms with van der Waals surface area (Å²) >= 11 is 0. The molecule has 1 saturated carbocycles. The van der Waals surface area contributed by atoms with Gasteiger partial charge in [0.05, 0.1) is 24.7 Å². The lowest BCUT2D eigenvalue weighted by atomic mass is 10.1. The van der Waals surface area contributed by atoms with Gasteiger partial charge in [-0.2, -0.15) is 5.10 Å². The van der Waals surface area contributed by atoms with Crippen molar-refractivity contribution in [2.45, 2.75) is 49.5 Å². The minimum absolute atomic E-state index is 0.0461. The minimum Gasteiger partial charge on any atom is -0.343 e. The number of hydrogen-bond acceptors (Lipinski definition) is 4. The smallest absolute Gasteiger partial charge is 0.272 e. The van der Waals surface area contributed by atoms with Gasteiger partial charge in [0, 0.05) is 25.9 Å². The Morgan fingerprint density at radius 3 is 2.79 bits per heavy atom. The molecular weight excluding hydrogens is 368 g/mol. The summed E-state index contributed by atoms with van der Waals surface area (Å²) in [5.74, 6) is 0.533. The molecule has 1 aliphatic carbocycles. The van der Waals surface area contributed by atoms with E-state index >= 15 is 0 Å². The molecule has 4 aliphatic rings. The fourth-order valence-corrected chi connectivity index (χ4v) is 5.32. The number of aromatic nitrogens is 2. The topological polar surface area (TPSA) is 67.7 Å². The Balaban J connectivity index is 1.29. The number of nitrogens with zero attached hydrogens (tertiary/aromatic N) is 4. The van der Waals surface area contributed by atoms with Crippen LogP contribution in [0.25, 0.3) is 0 Å². The Hall–Kier alpha value is -2.67. The Morgan fingerprint density at radius 1 is 1.24 bits per heavy atom. The Bertz CT molecular complexity index is 999. The molecule has 29 heavy (non-hydrogen) atoms. The van der Waals surface area contributed by atoms with Crippen molar-refractivity contribution in [1.82, 2.24) is 19.6 Å². The molecule has 150 valence electrons. The summed E-state index contributed by atoms with van der Waals surface area (Å²) in [5.41, 5.74) is 2.00. The molecule has 0 bridgehead atoms. The molecule has 0 unspecified atom stereocenters. The predicted molar refractivity (Wildman–Crippen MR) is 104 cm³/mol. The Labute approximate surface area is 169 Å². The molecule has 4 fully saturated rings. The molecule has 2 aromatic rings. The summed E-state index contributed by atoms with van der Waals surface area (Å²) < 4.78 is 8.23. The van der Waals surface area contributed by atoms with Crippen LogP contribution >= 0.6 is 0 Å². The molecule has 3 atom stereocenters. The average Bonchev–Trinajstić information content (AvgIpc) is 3.15. The zero-order chi connectivity index (χ0) is 19.8. The number of likely N-dealkylation sites (tertiary alicyclic amines) is 1. The van der Waals surface area contributed by atoms with Gasteiger partial charge >= 0.3 is 0 Å². The second-order valence-corrected chi connectivity index (χ2v) is 8.69. The van der Waals surface area contributed by atoms with Crippen molar-refractivity contribution >= 4 is 11.8 Å². The number of amides is 2. The van der Waals surface area contributed by atoms with E-state index in [-0.39, 0.29) is 24.0 Å². The van der Waals surface area contributed by atoms with Crippen LogP contribution in [-0.2, 0) is 16.6 Å². The van der Waals surface area contributed by atoms with Crippen molar-refractivity contribution in [1.29, 1.82) is 0 Å². The van der Waals surface area contributed by atoms with E-state index in [2.05, 4.69) is 5.10 Å². The van der Waals surface area contributed by atoms with E-state index in [9.17, 15) is 9.59 Å². The molecule has 1 aromatic carbocycles. The van der Waals surface area contributed by atoms with Gasteiger partial charge in [-0.15, -0.1) is 0 Å². The lowest BCUT2D eigenvalue weighted by Crippen LogP contribution is -2.49. The van der Waals surface area contributed by atoms with Gasteiger partial charge in [-0.1, -0.05) is 30.3 Å². The highest BCUT2D eigenvalue weighted by Gasteiger charge is 2.65. The molecule has 3 aliphatic heterocycles. The van der Waals surface area contributed by atoms with E-state index in [1.807, 2.05) is 53.2 Å². The highest BCUT2D eigenvalue weighted by atomic mass is 16.5. The first-order valence-electron chi connectivity index (χ1n) is 10.4. The maximum Gasteiger partial charge on any atom is 0.272 e. The molecule has 2 amide bonds. The number of carbonyl (C=O) groups excluding carboxylic acids is 2. The highest BCUT2D eigenvalue weighted by Crippen LogP contribution is 2.51. The monoisotopic (exact) mass is 392 g/mol. The third-order valence-corrected chi connectivity index (χ3v) is 6.97. The number of hydrogen-bond donors (Lipinski definition) is 0. The normalized spacial score (nSPS) is 30.7. The van der Waals surface area contributed by atoms with Crippen LogP contribution in [0.3, 0.4) is 0 Å². The molecule has 6 rings (SSSR count). The molecule has 4 heterocycles. The van der Waals surface area contributed by atoms with E-state index in [0.717, 1.165) is 24.1 Å². The van der Waals surface area contributed by atoms with Gasteiger partial charge in [-0.05, 0) is 24.5 Å². The van der Waals surface area contributed by atoms with Crippen molar-refractivity contribution < 1.29 is 14.3 Å². The molecular formula is C22H24N4O3. The fraction of sp³-hybridized carbons (Fsp3) is 0.500. The fourth-order valence-electron chi connectivity index (χ4n) is 5.32. The Morgan fingerprint density at radius 2 is 2.03 bits per heavy atom. The zero-order valence-electron chi connectivity index (χ0n) is 16.5. The summed E-state index contributed by atoms with van der Waals surface area (Å²) in [6.45, 7) is 1.15. The van der Waals surface area contributed by atoms with Gasteiger partial charge in [0.1, 0.15) is 11.8 Å². The Kier molecular flexibility index (Phi) is 3.51.